The lowest BCUT2D eigenvalue weighted by Gasteiger charge is -2.35. The van der Waals surface area contributed by atoms with E-state index in [0.29, 0.717) is 0 Å². The van der Waals surface area contributed by atoms with Gasteiger partial charge in [0, 0.05) is 41.3 Å². The first-order valence-electron chi connectivity index (χ1n) is 8.43. The van der Waals surface area contributed by atoms with E-state index in [2.05, 4.69) is 58.7 Å². The van der Waals surface area contributed by atoms with Gasteiger partial charge in [-0.2, -0.15) is 0 Å². The number of fused-ring (bicyclic) bond motifs is 1. The number of nitrogens with zero attached hydrogens (tertiary/aromatic N) is 1. The van der Waals surface area contributed by atoms with Gasteiger partial charge < -0.3 is 10.1 Å². The number of thiophene rings is 1. The summed E-state index contributed by atoms with van der Waals surface area (Å²) >= 11 is 1.90. The normalized spacial score (nSPS) is 17.0. The van der Waals surface area contributed by atoms with E-state index < -0.39 is 0 Å². The highest BCUT2D eigenvalue weighted by Gasteiger charge is 2.27. The van der Waals surface area contributed by atoms with Gasteiger partial charge in [0.1, 0.15) is 5.75 Å². The van der Waals surface area contributed by atoms with Gasteiger partial charge in [0.05, 0.1) is 13.2 Å². The Morgan fingerprint density at radius 1 is 1.04 bits per heavy atom. The number of rotatable bonds is 4. The minimum absolute atomic E-state index is 0.251. The van der Waals surface area contributed by atoms with Gasteiger partial charge in [-0.05, 0) is 23.6 Å². The van der Waals surface area contributed by atoms with Crippen molar-refractivity contribution in [3.63, 3.8) is 0 Å². The van der Waals surface area contributed by atoms with E-state index in [1.54, 1.807) is 7.11 Å². The molecule has 0 radical (unpaired) electrons. The Labute approximate surface area is 146 Å². The van der Waals surface area contributed by atoms with E-state index >= 15 is 0 Å². The lowest BCUT2D eigenvalue weighted by molar-refractivity contribution is 0.197. The van der Waals surface area contributed by atoms with Gasteiger partial charge in [-0.1, -0.05) is 36.4 Å². The Morgan fingerprint density at radius 3 is 2.58 bits per heavy atom. The number of hydrogen-bond donors (Lipinski definition) is 1. The predicted octanol–water partition coefficient (Wildman–Crippen LogP) is 3.90. The molecule has 1 aliphatic heterocycles. The molecule has 1 unspecified atom stereocenters. The summed E-state index contributed by atoms with van der Waals surface area (Å²) in [5, 5.41) is 4.78. The molecule has 0 saturated carbocycles. The summed E-state index contributed by atoms with van der Waals surface area (Å²) in [4.78, 5) is 3.96. The van der Waals surface area contributed by atoms with Crippen LogP contribution < -0.4 is 10.1 Å². The van der Waals surface area contributed by atoms with E-state index in [9.17, 15) is 0 Å². The van der Waals surface area contributed by atoms with E-state index in [1.807, 2.05) is 17.4 Å². The zero-order chi connectivity index (χ0) is 16.4. The lowest BCUT2D eigenvalue weighted by atomic mass is 10.0. The fourth-order valence-corrected chi connectivity index (χ4v) is 4.72. The van der Waals surface area contributed by atoms with Crippen LogP contribution in [-0.4, -0.2) is 38.2 Å². The molecule has 4 heteroatoms. The molecular weight excluding hydrogens is 316 g/mol. The largest absolute Gasteiger partial charge is 0.496 e. The van der Waals surface area contributed by atoms with Crippen molar-refractivity contribution in [2.24, 2.45) is 0 Å². The highest BCUT2D eigenvalue weighted by atomic mass is 32.1. The second kappa shape index (κ2) is 6.93. The van der Waals surface area contributed by atoms with E-state index in [-0.39, 0.29) is 6.04 Å². The molecule has 1 aliphatic rings. The minimum atomic E-state index is 0.251. The van der Waals surface area contributed by atoms with Crippen LogP contribution in [0.5, 0.6) is 5.75 Å². The molecule has 0 amide bonds. The van der Waals surface area contributed by atoms with Crippen LogP contribution in [0.2, 0.25) is 0 Å². The molecule has 1 fully saturated rings. The van der Waals surface area contributed by atoms with Crippen molar-refractivity contribution in [2.45, 2.75) is 6.04 Å². The highest BCUT2D eigenvalue weighted by molar-refractivity contribution is 7.19. The lowest BCUT2D eigenvalue weighted by Crippen LogP contribution is -2.45. The van der Waals surface area contributed by atoms with Crippen molar-refractivity contribution < 1.29 is 4.74 Å². The van der Waals surface area contributed by atoms with Gasteiger partial charge in [0.15, 0.2) is 0 Å². The first-order valence-corrected chi connectivity index (χ1v) is 9.24. The summed E-state index contributed by atoms with van der Waals surface area (Å²) in [7, 11) is 1.76. The Balaban J connectivity index is 1.83. The summed E-state index contributed by atoms with van der Waals surface area (Å²) in [6.07, 6.45) is 0. The molecule has 1 saturated heterocycles. The summed E-state index contributed by atoms with van der Waals surface area (Å²) < 4.78 is 7.02. The van der Waals surface area contributed by atoms with Crippen molar-refractivity contribution >= 4 is 21.4 Å². The number of nitrogens with one attached hydrogen (secondary N) is 1. The molecule has 1 aromatic heterocycles. The summed E-state index contributed by atoms with van der Waals surface area (Å²) in [6, 6.07) is 19.7. The molecule has 24 heavy (non-hydrogen) atoms. The van der Waals surface area contributed by atoms with E-state index in [4.69, 9.17) is 4.74 Å². The fraction of sp³-hybridized carbons (Fsp3) is 0.300. The molecule has 2 aromatic carbocycles. The molecule has 0 aliphatic carbocycles. The number of benzene rings is 2. The highest BCUT2D eigenvalue weighted by Crippen LogP contribution is 2.40. The molecular formula is C20H22N2OS. The Bertz CT molecular complexity index is 790. The Morgan fingerprint density at radius 2 is 1.79 bits per heavy atom. The van der Waals surface area contributed by atoms with Crippen molar-refractivity contribution in [1.29, 1.82) is 0 Å². The number of methoxy groups -OCH3 is 1. The van der Waals surface area contributed by atoms with E-state index in [0.717, 1.165) is 31.9 Å². The number of hydrogen-bond acceptors (Lipinski definition) is 4. The standard InChI is InChI=1S/C20H22N2OS/c1-23-17-8-4-3-7-16(17)20(22-12-10-21-11-13-22)19-14-15-6-2-5-9-18(15)24-19/h2-9,14,20-21H,10-13H2,1H3. The summed E-state index contributed by atoms with van der Waals surface area (Å²) in [6.45, 7) is 4.18. The van der Waals surface area contributed by atoms with Gasteiger partial charge in [0.2, 0.25) is 0 Å². The molecule has 1 N–H and O–H groups in total. The maximum atomic E-state index is 5.68. The quantitative estimate of drug-likeness (QED) is 0.781. The van der Waals surface area contributed by atoms with Gasteiger partial charge in [-0.3, -0.25) is 4.90 Å². The van der Waals surface area contributed by atoms with Gasteiger partial charge in [-0.25, -0.2) is 0 Å². The Hall–Kier alpha value is -1.88. The molecule has 3 aromatic rings. The zero-order valence-corrected chi connectivity index (χ0v) is 14.7. The van der Waals surface area contributed by atoms with Gasteiger partial charge in [0.25, 0.3) is 0 Å². The maximum absolute atomic E-state index is 5.68. The van der Waals surface area contributed by atoms with Crippen LogP contribution in [0.25, 0.3) is 10.1 Å². The first kappa shape index (κ1) is 15.6. The van der Waals surface area contributed by atoms with Crippen LogP contribution in [0.4, 0.5) is 0 Å². The molecule has 3 nitrogen and oxygen atoms in total. The number of piperazine rings is 1. The second-order valence-electron chi connectivity index (χ2n) is 6.12. The summed E-state index contributed by atoms with van der Waals surface area (Å²) in [5.41, 5.74) is 1.26. The third kappa shape index (κ3) is 2.93. The molecule has 0 spiro atoms. The fourth-order valence-electron chi connectivity index (χ4n) is 3.50. The summed E-state index contributed by atoms with van der Waals surface area (Å²) in [5.74, 6) is 0.971. The first-order chi connectivity index (χ1) is 11.9. The SMILES string of the molecule is COc1ccccc1C(c1cc2ccccc2s1)N1CCNCC1. The Kier molecular flexibility index (Phi) is 4.52. The molecule has 0 bridgehead atoms. The van der Waals surface area contributed by atoms with Gasteiger partial charge >= 0.3 is 0 Å². The van der Waals surface area contributed by atoms with Crippen LogP contribution in [0.3, 0.4) is 0 Å². The van der Waals surface area contributed by atoms with Crippen molar-refractivity contribution in [1.82, 2.24) is 10.2 Å². The van der Waals surface area contributed by atoms with Crippen LogP contribution in [0, 0.1) is 0 Å². The topological polar surface area (TPSA) is 24.5 Å². The molecule has 124 valence electrons. The van der Waals surface area contributed by atoms with Crippen LogP contribution in [-0.2, 0) is 0 Å². The molecule has 4 rings (SSSR count). The third-order valence-electron chi connectivity index (χ3n) is 4.66. The van der Waals surface area contributed by atoms with Crippen LogP contribution >= 0.6 is 11.3 Å². The number of ether oxygens (including phenoxy) is 1. The monoisotopic (exact) mass is 338 g/mol. The van der Waals surface area contributed by atoms with Crippen molar-refractivity contribution in [2.75, 3.05) is 33.3 Å². The molecule has 2 heterocycles. The zero-order valence-electron chi connectivity index (χ0n) is 13.9. The average Bonchev–Trinajstić information content (AvgIpc) is 3.07. The van der Waals surface area contributed by atoms with Crippen LogP contribution in [0.15, 0.2) is 54.6 Å². The number of para-hydroxylation sites is 1. The maximum Gasteiger partial charge on any atom is 0.124 e. The third-order valence-corrected chi connectivity index (χ3v) is 5.83. The predicted molar refractivity (Wildman–Crippen MR) is 101 cm³/mol. The second-order valence-corrected chi connectivity index (χ2v) is 7.23. The van der Waals surface area contributed by atoms with Crippen molar-refractivity contribution in [3.8, 4) is 5.75 Å². The molecule has 1 atom stereocenters. The smallest absolute Gasteiger partial charge is 0.124 e. The minimum Gasteiger partial charge on any atom is -0.496 e. The van der Waals surface area contributed by atoms with Crippen LogP contribution in [0.1, 0.15) is 16.5 Å². The van der Waals surface area contributed by atoms with E-state index in [1.165, 1.54) is 20.5 Å². The van der Waals surface area contributed by atoms with Gasteiger partial charge in [-0.15, -0.1) is 11.3 Å². The van der Waals surface area contributed by atoms with Crippen molar-refractivity contribution in [3.05, 3.63) is 65.0 Å². The average molecular weight is 338 g/mol.